The fourth-order valence-corrected chi connectivity index (χ4v) is 4.58. The van der Waals surface area contributed by atoms with Gasteiger partial charge in [0.2, 0.25) is 0 Å². The second-order valence-corrected chi connectivity index (χ2v) is 7.92. The van der Waals surface area contributed by atoms with Crippen LogP contribution in [-0.2, 0) is 16.6 Å². The third-order valence-electron chi connectivity index (χ3n) is 6.37. The van der Waals surface area contributed by atoms with E-state index in [9.17, 15) is 9.18 Å². The Morgan fingerprint density at radius 2 is 1.89 bits per heavy atom. The summed E-state index contributed by atoms with van der Waals surface area (Å²) in [6.45, 7) is 1.83. The lowest BCUT2D eigenvalue weighted by molar-refractivity contribution is 0.0500. The first-order valence-corrected chi connectivity index (χ1v) is 10.0. The Hall–Kier alpha value is -2.40. The molecule has 1 heterocycles. The SMILES string of the molecule is CN(C(=O)NCC1(c2ccc(F)cc2)CCOCC1)[C@H]1CCc2ccccc21. The van der Waals surface area contributed by atoms with Gasteiger partial charge in [-0.25, -0.2) is 9.18 Å². The van der Waals surface area contributed by atoms with Gasteiger partial charge in [0.25, 0.3) is 0 Å². The molecule has 0 saturated carbocycles. The lowest BCUT2D eigenvalue weighted by Crippen LogP contribution is -2.48. The van der Waals surface area contributed by atoms with Gasteiger partial charge < -0.3 is 15.0 Å². The van der Waals surface area contributed by atoms with Crippen molar-refractivity contribution in [2.24, 2.45) is 0 Å². The van der Waals surface area contributed by atoms with Gasteiger partial charge in [-0.15, -0.1) is 0 Å². The molecule has 0 bridgehead atoms. The van der Waals surface area contributed by atoms with Crippen molar-refractivity contribution in [2.75, 3.05) is 26.8 Å². The molecule has 4 nitrogen and oxygen atoms in total. The van der Waals surface area contributed by atoms with Gasteiger partial charge in [-0.2, -0.15) is 0 Å². The monoisotopic (exact) mass is 382 g/mol. The van der Waals surface area contributed by atoms with Gasteiger partial charge in [-0.1, -0.05) is 36.4 Å². The van der Waals surface area contributed by atoms with Crippen LogP contribution < -0.4 is 5.32 Å². The molecule has 1 aliphatic heterocycles. The number of nitrogens with one attached hydrogen (secondary N) is 1. The van der Waals surface area contributed by atoms with Crippen LogP contribution in [0.2, 0.25) is 0 Å². The zero-order valence-electron chi connectivity index (χ0n) is 16.3. The van der Waals surface area contributed by atoms with Crippen LogP contribution in [-0.4, -0.2) is 37.7 Å². The summed E-state index contributed by atoms with van der Waals surface area (Å²) < 4.78 is 18.9. The van der Waals surface area contributed by atoms with Crippen molar-refractivity contribution in [3.8, 4) is 0 Å². The fourth-order valence-electron chi connectivity index (χ4n) is 4.58. The number of ether oxygens (including phenoxy) is 1. The minimum absolute atomic E-state index is 0.0605. The van der Waals surface area contributed by atoms with E-state index in [0.29, 0.717) is 19.8 Å². The van der Waals surface area contributed by atoms with Crippen molar-refractivity contribution < 1.29 is 13.9 Å². The Labute approximate surface area is 165 Å². The van der Waals surface area contributed by atoms with Gasteiger partial charge in [0.15, 0.2) is 0 Å². The average molecular weight is 382 g/mol. The Morgan fingerprint density at radius 3 is 2.64 bits per heavy atom. The zero-order chi connectivity index (χ0) is 19.6. The molecule has 5 heteroatoms. The number of nitrogens with zero attached hydrogens (tertiary/aromatic N) is 1. The molecule has 2 aliphatic rings. The number of rotatable bonds is 4. The number of benzene rings is 2. The standard InChI is InChI=1S/C23H27FN2O2/c1-26(21-11-6-17-4-2-3-5-20(17)21)22(27)25-16-23(12-14-28-15-13-23)18-7-9-19(24)10-8-18/h2-5,7-10,21H,6,11-16H2,1H3,(H,25,27)/t21-/m0/s1. The minimum Gasteiger partial charge on any atom is -0.381 e. The van der Waals surface area contributed by atoms with Crippen molar-refractivity contribution in [3.63, 3.8) is 0 Å². The molecule has 0 unspecified atom stereocenters. The number of fused-ring (bicyclic) bond motifs is 1. The normalized spacial score (nSPS) is 20.4. The second kappa shape index (κ2) is 7.92. The molecule has 2 aromatic carbocycles. The first kappa shape index (κ1) is 18.9. The highest BCUT2D eigenvalue weighted by Gasteiger charge is 2.36. The molecule has 0 aromatic heterocycles. The van der Waals surface area contributed by atoms with Crippen LogP contribution in [0.5, 0.6) is 0 Å². The van der Waals surface area contributed by atoms with Crippen molar-refractivity contribution >= 4 is 6.03 Å². The summed E-state index contributed by atoms with van der Waals surface area (Å²) in [4.78, 5) is 14.8. The lowest BCUT2D eigenvalue weighted by Gasteiger charge is -2.38. The van der Waals surface area contributed by atoms with E-state index in [4.69, 9.17) is 4.74 Å². The summed E-state index contributed by atoms with van der Waals surface area (Å²) in [5, 5.41) is 3.15. The number of hydrogen-bond donors (Lipinski definition) is 1. The van der Waals surface area contributed by atoms with Crippen LogP contribution in [0.15, 0.2) is 48.5 Å². The predicted octanol–water partition coefficient (Wildman–Crippen LogP) is 4.20. The number of amides is 2. The van der Waals surface area contributed by atoms with E-state index in [1.54, 1.807) is 0 Å². The smallest absolute Gasteiger partial charge is 0.317 e. The quantitative estimate of drug-likeness (QED) is 0.861. The third-order valence-corrected chi connectivity index (χ3v) is 6.37. The number of hydrogen-bond acceptors (Lipinski definition) is 2. The summed E-state index contributed by atoms with van der Waals surface area (Å²) in [7, 11) is 1.87. The van der Waals surface area contributed by atoms with Crippen molar-refractivity contribution in [2.45, 2.75) is 37.1 Å². The van der Waals surface area contributed by atoms with E-state index >= 15 is 0 Å². The van der Waals surface area contributed by atoms with E-state index in [1.165, 1.54) is 23.3 Å². The highest BCUT2D eigenvalue weighted by Crippen LogP contribution is 2.36. The molecule has 2 amide bonds. The van der Waals surface area contributed by atoms with Crippen molar-refractivity contribution in [1.29, 1.82) is 0 Å². The average Bonchev–Trinajstić information content (AvgIpc) is 3.17. The van der Waals surface area contributed by atoms with E-state index in [0.717, 1.165) is 31.2 Å². The minimum atomic E-state index is -0.241. The summed E-state index contributed by atoms with van der Waals surface area (Å²) in [6.07, 6.45) is 3.60. The summed E-state index contributed by atoms with van der Waals surface area (Å²) >= 11 is 0. The number of aryl methyl sites for hydroxylation is 1. The number of carbonyl (C=O) groups excluding carboxylic acids is 1. The fraction of sp³-hybridized carbons (Fsp3) is 0.435. The number of halogens is 1. The molecule has 4 rings (SSSR count). The van der Waals surface area contributed by atoms with Crippen LogP contribution in [0.4, 0.5) is 9.18 Å². The molecule has 1 N–H and O–H groups in total. The summed E-state index contributed by atoms with van der Waals surface area (Å²) in [5.41, 5.74) is 3.43. The summed E-state index contributed by atoms with van der Waals surface area (Å²) in [6, 6.07) is 15.1. The maximum Gasteiger partial charge on any atom is 0.317 e. The van der Waals surface area contributed by atoms with E-state index in [-0.39, 0.29) is 23.3 Å². The van der Waals surface area contributed by atoms with Gasteiger partial charge in [0, 0.05) is 32.2 Å². The molecule has 1 atom stereocenters. The Kier molecular flexibility index (Phi) is 5.36. The van der Waals surface area contributed by atoms with E-state index in [1.807, 2.05) is 30.1 Å². The highest BCUT2D eigenvalue weighted by atomic mass is 19.1. The third kappa shape index (κ3) is 3.63. The first-order valence-electron chi connectivity index (χ1n) is 10.0. The van der Waals surface area contributed by atoms with Crippen LogP contribution >= 0.6 is 0 Å². The molecule has 1 fully saturated rings. The second-order valence-electron chi connectivity index (χ2n) is 7.92. The van der Waals surface area contributed by atoms with Crippen molar-refractivity contribution in [1.82, 2.24) is 10.2 Å². The number of urea groups is 1. The molecular formula is C23H27FN2O2. The maximum absolute atomic E-state index is 13.4. The molecule has 1 saturated heterocycles. The van der Waals surface area contributed by atoms with Crippen LogP contribution in [0.25, 0.3) is 0 Å². The van der Waals surface area contributed by atoms with Crippen LogP contribution in [0, 0.1) is 5.82 Å². The largest absolute Gasteiger partial charge is 0.381 e. The van der Waals surface area contributed by atoms with Gasteiger partial charge in [0.1, 0.15) is 5.82 Å². The van der Waals surface area contributed by atoms with Crippen molar-refractivity contribution in [3.05, 3.63) is 71.0 Å². The van der Waals surface area contributed by atoms with Crippen LogP contribution in [0.3, 0.4) is 0 Å². The molecule has 1 aliphatic carbocycles. The lowest BCUT2D eigenvalue weighted by atomic mass is 9.74. The van der Waals surface area contributed by atoms with E-state index < -0.39 is 0 Å². The Balaban J connectivity index is 1.47. The van der Waals surface area contributed by atoms with Gasteiger partial charge in [0.05, 0.1) is 6.04 Å². The van der Waals surface area contributed by atoms with Gasteiger partial charge in [-0.3, -0.25) is 0 Å². The predicted molar refractivity (Wildman–Crippen MR) is 107 cm³/mol. The Morgan fingerprint density at radius 1 is 1.18 bits per heavy atom. The Bertz CT molecular complexity index is 831. The topological polar surface area (TPSA) is 41.6 Å². The summed E-state index contributed by atoms with van der Waals surface area (Å²) in [5.74, 6) is -0.241. The van der Waals surface area contributed by atoms with Gasteiger partial charge >= 0.3 is 6.03 Å². The maximum atomic E-state index is 13.4. The van der Waals surface area contributed by atoms with Crippen LogP contribution in [0.1, 0.15) is 42.0 Å². The number of carbonyl (C=O) groups is 1. The molecule has 0 spiro atoms. The molecule has 148 valence electrons. The molecular weight excluding hydrogens is 355 g/mol. The molecule has 28 heavy (non-hydrogen) atoms. The highest BCUT2D eigenvalue weighted by molar-refractivity contribution is 5.75. The molecule has 2 aromatic rings. The molecule has 0 radical (unpaired) electrons. The zero-order valence-corrected chi connectivity index (χ0v) is 16.3. The van der Waals surface area contributed by atoms with E-state index in [2.05, 4.69) is 23.5 Å². The first-order chi connectivity index (χ1) is 13.6. The van der Waals surface area contributed by atoms with Gasteiger partial charge in [-0.05, 0) is 54.5 Å².